The summed E-state index contributed by atoms with van der Waals surface area (Å²) in [5.41, 5.74) is 3.45. The van der Waals surface area contributed by atoms with Crippen molar-refractivity contribution in [3.05, 3.63) is 58.4 Å². The average Bonchev–Trinajstić information content (AvgIpc) is 3.16. The van der Waals surface area contributed by atoms with Crippen molar-refractivity contribution in [2.45, 2.75) is 37.0 Å². The zero-order chi connectivity index (χ0) is 18.5. The van der Waals surface area contributed by atoms with Crippen LogP contribution in [0.2, 0.25) is 5.02 Å². The van der Waals surface area contributed by atoms with Gasteiger partial charge in [0.1, 0.15) is 11.1 Å². The van der Waals surface area contributed by atoms with E-state index in [0.717, 1.165) is 39.6 Å². The summed E-state index contributed by atoms with van der Waals surface area (Å²) in [4.78, 5) is 5.94. The van der Waals surface area contributed by atoms with Gasteiger partial charge in [-0.1, -0.05) is 50.1 Å². The molecule has 0 aliphatic rings. The fourth-order valence-electron chi connectivity index (χ4n) is 2.78. The van der Waals surface area contributed by atoms with E-state index in [2.05, 4.69) is 26.0 Å². The largest absolute Gasteiger partial charge is 0.239 e. The van der Waals surface area contributed by atoms with Crippen molar-refractivity contribution in [1.29, 1.82) is 5.26 Å². The number of rotatable bonds is 6. The predicted molar refractivity (Wildman–Crippen MR) is 113 cm³/mol. The lowest BCUT2D eigenvalue weighted by molar-refractivity contribution is 0.785. The van der Waals surface area contributed by atoms with Crippen molar-refractivity contribution in [2.24, 2.45) is 0 Å². The molecule has 0 spiro atoms. The van der Waals surface area contributed by atoms with Crippen molar-refractivity contribution in [1.82, 2.24) is 4.98 Å². The number of benzene rings is 1. The highest BCUT2D eigenvalue weighted by Gasteiger charge is 2.18. The maximum atomic E-state index is 9.85. The molecular weight excluding hydrogens is 380 g/mol. The fraction of sp³-hybridized carbons (Fsp3) is 0.238. The molecule has 5 heteroatoms. The van der Waals surface area contributed by atoms with Gasteiger partial charge in [-0.3, -0.25) is 0 Å². The summed E-state index contributed by atoms with van der Waals surface area (Å²) in [6, 6.07) is 16.1. The van der Waals surface area contributed by atoms with Crippen molar-refractivity contribution in [3.8, 4) is 27.8 Å². The van der Waals surface area contributed by atoms with Crippen LogP contribution in [0.15, 0.2) is 52.9 Å². The quantitative estimate of drug-likeness (QED) is 0.409. The molecule has 0 N–H and O–H groups in total. The number of aromatic nitrogens is 1. The molecule has 0 aliphatic carbocycles. The summed E-state index contributed by atoms with van der Waals surface area (Å²) >= 11 is 9.39. The highest BCUT2D eigenvalue weighted by Crippen LogP contribution is 2.37. The molecule has 0 saturated heterocycles. The number of hydrogen-bond acceptors (Lipinski definition) is 4. The average molecular weight is 399 g/mol. The third kappa shape index (κ3) is 4.29. The minimum Gasteiger partial charge on any atom is -0.239 e. The van der Waals surface area contributed by atoms with Gasteiger partial charge in [-0.25, -0.2) is 4.98 Å². The molecular formula is C21H19ClN2S2. The van der Waals surface area contributed by atoms with Crippen LogP contribution < -0.4 is 0 Å². The van der Waals surface area contributed by atoms with Crippen LogP contribution in [0.4, 0.5) is 0 Å². The summed E-state index contributed by atoms with van der Waals surface area (Å²) in [5, 5.41) is 13.8. The summed E-state index contributed by atoms with van der Waals surface area (Å²) in [6.45, 7) is 4.37. The fourth-order valence-corrected chi connectivity index (χ4v) is 4.75. The number of nitrogens with zero attached hydrogens (tertiary/aromatic N) is 2. The Morgan fingerprint density at radius 2 is 2.04 bits per heavy atom. The summed E-state index contributed by atoms with van der Waals surface area (Å²) in [6.07, 6.45) is 2.21. The van der Waals surface area contributed by atoms with Gasteiger partial charge >= 0.3 is 0 Å². The van der Waals surface area contributed by atoms with Gasteiger partial charge < -0.3 is 0 Å². The van der Waals surface area contributed by atoms with Gasteiger partial charge in [-0.05, 0) is 41.6 Å². The molecule has 2 nitrogen and oxygen atoms in total. The lowest BCUT2D eigenvalue weighted by atomic mass is 10.0. The van der Waals surface area contributed by atoms with Crippen LogP contribution in [0.25, 0.3) is 21.7 Å². The minimum absolute atomic E-state index is 0.413. The number of hydrogen-bond donors (Lipinski definition) is 0. The first-order valence-corrected chi connectivity index (χ1v) is 10.7. The van der Waals surface area contributed by atoms with Crippen LogP contribution in [0, 0.1) is 11.3 Å². The van der Waals surface area contributed by atoms with E-state index in [9.17, 15) is 5.26 Å². The summed E-state index contributed by atoms with van der Waals surface area (Å²) in [7, 11) is 0. The third-order valence-electron chi connectivity index (χ3n) is 4.03. The first-order chi connectivity index (χ1) is 12.6. The Morgan fingerprint density at radius 1 is 1.27 bits per heavy atom. The molecule has 2 aromatic heterocycles. The molecule has 3 rings (SSSR count). The number of thioether (sulfide) groups is 1. The van der Waals surface area contributed by atoms with E-state index in [4.69, 9.17) is 16.6 Å². The van der Waals surface area contributed by atoms with E-state index in [1.54, 1.807) is 23.1 Å². The van der Waals surface area contributed by atoms with Crippen molar-refractivity contribution < 1.29 is 0 Å². The first-order valence-electron chi connectivity index (χ1n) is 8.54. The van der Waals surface area contributed by atoms with Gasteiger partial charge in [-0.2, -0.15) is 5.26 Å². The van der Waals surface area contributed by atoms with E-state index in [1.165, 1.54) is 0 Å². The standard InChI is InChI=1S/C21H19ClN2S2/c1-3-5-14(2)26-21-18(13-23)17(15-7-9-16(22)10-8-15)12-19(24-21)20-6-4-11-25-20/h4,6-12,14H,3,5H2,1-2H3/t14-/m1/s1. The molecule has 0 fully saturated rings. The van der Waals surface area contributed by atoms with Crippen LogP contribution in [-0.4, -0.2) is 10.2 Å². The number of nitriles is 1. The Hall–Kier alpha value is -1.80. The van der Waals surface area contributed by atoms with Crippen LogP contribution in [0.3, 0.4) is 0 Å². The molecule has 0 radical (unpaired) electrons. The molecule has 0 amide bonds. The molecule has 3 aromatic rings. The highest BCUT2D eigenvalue weighted by atomic mass is 35.5. The maximum absolute atomic E-state index is 9.85. The zero-order valence-electron chi connectivity index (χ0n) is 14.7. The molecule has 1 atom stereocenters. The molecule has 0 unspecified atom stereocenters. The summed E-state index contributed by atoms with van der Waals surface area (Å²) in [5.74, 6) is 0. The molecule has 132 valence electrons. The molecule has 1 aromatic carbocycles. The Morgan fingerprint density at radius 3 is 2.65 bits per heavy atom. The smallest absolute Gasteiger partial charge is 0.115 e. The van der Waals surface area contributed by atoms with Crippen LogP contribution in [0.5, 0.6) is 0 Å². The number of thiophene rings is 1. The second-order valence-electron chi connectivity index (χ2n) is 6.05. The number of halogens is 1. The second-order valence-corrected chi connectivity index (χ2v) is 8.86. The number of pyridine rings is 1. The first kappa shape index (κ1) is 19.0. The monoisotopic (exact) mass is 398 g/mol. The predicted octanol–water partition coefficient (Wildman–Crippen LogP) is 7.28. The highest BCUT2D eigenvalue weighted by molar-refractivity contribution is 7.99. The summed E-state index contributed by atoms with van der Waals surface area (Å²) < 4.78 is 0. The van der Waals surface area contributed by atoms with E-state index >= 15 is 0 Å². The SMILES string of the molecule is CCC[C@@H](C)Sc1nc(-c2cccs2)cc(-c2ccc(Cl)cc2)c1C#N. The van der Waals surface area contributed by atoms with E-state index in [-0.39, 0.29) is 0 Å². The van der Waals surface area contributed by atoms with Crippen LogP contribution in [-0.2, 0) is 0 Å². The maximum Gasteiger partial charge on any atom is 0.115 e. The van der Waals surface area contributed by atoms with E-state index in [1.807, 2.05) is 41.8 Å². The Balaban J connectivity index is 2.16. The lowest BCUT2D eigenvalue weighted by Crippen LogP contribution is -2.00. The van der Waals surface area contributed by atoms with Gasteiger partial charge in [0.2, 0.25) is 0 Å². The molecule has 0 saturated carbocycles. The van der Waals surface area contributed by atoms with Gasteiger partial charge in [0.05, 0.1) is 16.1 Å². The second kappa shape index (κ2) is 8.73. The van der Waals surface area contributed by atoms with Crippen LogP contribution in [0.1, 0.15) is 32.3 Å². The molecule has 0 aliphatic heterocycles. The third-order valence-corrected chi connectivity index (χ3v) is 6.34. The van der Waals surface area contributed by atoms with Crippen LogP contribution >= 0.6 is 34.7 Å². The Bertz CT molecular complexity index is 912. The van der Waals surface area contributed by atoms with Gasteiger partial charge in [0.25, 0.3) is 0 Å². The topological polar surface area (TPSA) is 36.7 Å². The van der Waals surface area contributed by atoms with Crippen molar-refractivity contribution in [3.63, 3.8) is 0 Å². The lowest BCUT2D eigenvalue weighted by Gasteiger charge is -2.15. The van der Waals surface area contributed by atoms with Gasteiger partial charge in [0.15, 0.2) is 0 Å². The van der Waals surface area contributed by atoms with Crippen molar-refractivity contribution >= 4 is 34.7 Å². The Kier molecular flexibility index (Phi) is 6.37. The van der Waals surface area contributed by atoms with E-state index in [0.29, 0.717) is 15.8 Å². The Labute approximate surface area is 167 Å². The minimum atomic E-state index is 0.413. The van der Waals surface area contributed by atoms with Crippen molar-refractivity contribution in [2.75, 3.05) is 0 Å². The normalized spacial score (nSPS) is 11.9. The van der Waals surface area contributed by atoms with E-state index < -0.39 is 0 Å². The molecule has 0 bridgehead atoms. The zero-order valence-corrected chi connectivity index (χ0v) is 17.1. The van der Waals surface area contributed by atoms with Gasteiger partial charge in [-0.15, -0.1) is 23.1 Å². The van der Waals surface area contributed by atoms with Gasteiger partial charge in [0, 0.05) is 15.8 Å². The molecule has 2 heterocycles. The molecule has 26 heavy (non-hydrogen) atoms.